The van der Waals surface area contributed by atoms with E-state index >= 15 is 0 Å². The fourth-order valence-electron chi connectivity index (χ4n) is 2.10. The van der Waals surface area contributed by atoms with Crippen LogP contribution in [0.3, 0.4) is 0 Å². The van der Waals surface area contributed by atoms with E-state index in [1.807, 2.05) is 60.7 Å². The van der Waals surface area contributed by atoms with E-state index in [-0.39, 0.29) is 0 Å². The molecule has 1 atom stereocenters. The number of benzene rings is 2. The van der Waals surface area contributed by atoms with Crippen LogP contribution in [-0.2, 0) is 0 Å². The van der Waals surface area contributed by atoms with E-state index < -0.39 is 18.4 Å². The van der Waals surface area contributed by atoms with Gasteiger partial charge in [0.05, 0.1) is 6.04 Å². The number of hydrogen-bond donors (Lipinski definition) is 1. The van der Waals surface area contributed by atoms with Crippen molar-refractivity contribution < 1.29 is 8.78 Å². The SMILES string of the molecule is NC(C(F)F)C(c1ccccc1)c1ccccc1. The lowest BCUT2D eigenvalue weighted by molar-refractivity contribution is 0.109. The second kappa shape index (κ2) is 5.74. The van der Waals surface area contributed by atoms with E-state index in [1.165, 1.54) is 0 Å². The van der Waals surface area contributed by atoms with E-state index in [4.69, 9.17) is 5.73 Å². The van der Waals surface area contributed by atoms with Gasteiger partial charge in [0.2, 0.25) is 0 Å². The zero-order chi connectivity index (χ0) is 13.0. The van der Waals surface area contributed by atoms with Crippen LogP contribution in [0.4, 0.5) is 8.78 Å². The molecule has 2 rings (SSSR count). The van der Waals surface area contributed by atoms with Gasteiger partial charge >= 0.3 is 0 Å². The third kappa shape index (κ3) is 2.74. The largest absolute Gasteiger partial charge is 0.322 e. The molecular weight excluding hydrogens is 232 g/mol. The number of rotatable bonds is 4. The number of alkyl halides is 2. The first-order valence-corrected chi connectivity index (χ1v) is 5.84. The summed E-state index contributed by atoms with van der Waals surface area (Å²) in [6.45, 7) is 0. The third-order valence-corrected chi connectivity index (χ3v) is 2.99. The monoisotopic (exact) mass is 247 g/mol. The van der Waals surface area contributed by atoms with Gasteiger partial charge in [0.1, 0.15) is 0 Å². The van der Waals surface area contributed by atoms with Gasteiger partial charge in [-0.2, -0.15) is 0 Å². The summed E-state index contributed by atoms with van der Waals surface area (Å²) in [7, 11) is 0. The molecule has 2 aromatic carbocycles. The lowest BCUT2D eigenvalue weighted by Crippen LogP contribution is -2.36. The van der Waals surface area contributed by atoms with Gasteiger partial charge in [-0.25, -0.2) is 8.78 Å². The Labute approximate surface area is 105 Å². The molecule has 0 saturated heterocycles. The normalized spacial score (nSPS) is 12.9. The summed E-state index contributed by atoms with van der Waals surface area (Å²) in [5.74, 6) is -0.479. The molecule has 0 radical (unpaired) electrons. The minimum atomic E-state index is -2.55. The van der Waals surface area contributed by atoms with Gasteiger partial charge in [0, 0.05) is 5.92 Å². The highest BCUT2D eigenvalue weighted by atomic mass is 19.3. The predicted molar refractivity (Wildman–Crippen MR) is 68.7 cm³/mol. The molecule has 1 nitrogen and oxygen atoms in total. The summed E-state index contributed by atoms with van der Waals surface area (Å²) in [4.78, 5) is 0. The summed E-state index contributed by atoms with van der Waals surface area (Å²) in [5, 5.41) is 0. The summed E-state index contributed by atoms with van der Waals surface area (Å²) >= 11 is 0. The fourth-order valence-corrected chi connectivity index (χ4v) is 2.10. The number of hydrogen-bond acceptors (Lipinski definition) is 1. The van der Waals surface area contributed by atoms with Crippen LogP contribution in [-0.4, -0.2) is 12.5 Å². The molecule has 2 N–H and O–H groups in total. The summed E-state index contributed by atoms with van der Waals surface area (Å²) < 4.78 is 25.8. The van der Waals surface area contributed by atoms with Crippen LogP contribution < -0.4 is 5.73 Å². The Balaban J connectivity index is 2.42. The molecule has 0 bridgehead atoms. The maximum absolute atomic E-state index is 12.9. The average Bonchev–Trinajstić information content (AvgIpc) is 2.41. The minimum absolute atomic E-state index is 0.479. The smallest absolute Gasteiger partial charge is 0.254 e. The molecule has 0 aliphatic carbocycles. The Morgan fingerprint density at radius 1 is 0.722 bits per heavy atom. The van der Waals surface area contributed by atoms with Crippen molar-refractivity contribution in [3.8, 4) is 0 Å². The fraction of sp³-hybridized carbons (Fsp3) is 0.200. The van der Waals surface area contributed by atoms with E-state index in [0.717, 1.165) is 11.1 Å². The molecule has 3 heteroatoms. The maximum atomic E-state index is 12.9. The van der Waals surface area contributed by atoms with Crippen molar-refractivity contribution >= 4 is 0 Å². The van der Waals surface area contributed by atoms with Crippen LogP contribution >= 0.6 is 0 Å². The van der Waals surface area contributed by atoms with E-state index in [0.29, 0.717) is 0 Å². The average molecular weight is 247 g/mol. The van der Waals surface area contributed by atoms with Crippen LogP contribution in [0.25, 0.3) is 0 Å². The Morgan fingerprint density at radius 2 is 1.11 bits per heavy atom. The van der Waals surface area contributed by atoms with Crippen LogP contribution in [0.5, 0.6) is 0 Å². The van der Waals surface area contributed by atoms with Crippen LogP contribution in [0.15, 0.2) is 60.7 Å². The second-order valence-corrected chi connectivity index (χ2v) is 4.21. The number of nitrogens with two attached hydrogens (primary N) is 1. The molecule has 0 aliphatic heterocycles. The molecule has 2 aromatic rings. The molecule has 0 spiro atoms. The van der Waals surface area contributed by atoms with Crippen LogP contribution in [0.2, 0.25) is 0 Å². The van der Waals surface area contributed by atoms with Gasteiger partial charge in [-0.1, -0.05) is 60.7 Å². The molecular formula is C15H15F2N. The second-order valence-electron chi connectivity index (χ2n) is 4.21. The molecule has 0 fully saturated rings. The van der Waals surface area contributed by atoms with Crippen LogP contribution in [0, 0.1) is 0 Å². The van der Waals surface area contributed by atoms with Gasteiger partial charge in [0.25, 0.3) is 6.43 Å². The van der Waals surface area contributed by atoms with E-state index in [2.05, 4.69) is 0 Å². The minimum Gasteiger partial charge on any atom is -0.322 e. The predicted octanol–water partition coefficient (Wildman–Crippen LogP) is 3.41. The highest BCUT2D eigenvalue weighted by Crippen LogP contribution is 2.29. The molecule has 0 heterocycles. The highest BCUT2D eigenvalue weighted by Gasteiger charge is 2.28. The van der Waals surface area contributed by atoms with Gasteiger partial charge < -0.3 is 5.73 Å². The molecule has 1 unspecified atom stereocenters. The molecule has 0 aliphatic rings. The first-order chi connectivity index (χ1) is 8.70. The van der Waals surface area contributed by atoms with Gasteiger partial charge in [-0.3, -0.25) is 0 Å². The van der Waals surface area contributed by atoms with Crippen molar-refractivity contribution in [1.82, 2.24) is 0 Å². The standard InChI is InChI=1S/C15H15F2N/c16-15(17)14(18)13(11-7-3-1-4-8-11)12-9-5-2-6-10-12/h1-10,13-15H,18H2. The van der Waals surface area contributed by atoms with E-state index in [9.17, 15) is 8.78 Å². The van der Waals surface area contributed by atoms with Crippen molar-refractivity contribution in [2.75, 3.05) is 0 Å². The van der Waals surface area contributed by atoms with Gasteiger partial charge in [-0.15, -0.1) is 0 Å². The maximum Gasteiger partial charge on any atom is 0.254 e. The Kier molecular flexibility index (Phi) is 4.05. The lowest BCUT2D eigenvalue weighted by Gasteiger charge is -2.24. The zero-order valence-corrected chi connectivity index (χ0v) is 9.84. The Morgan fingerprint density at radius 3 is 1.44 bits per heavy atom. The first kappa shape index (κ1) is 12.7. The zero-order valence-electron chi connectivity index (χ0n) is 9.84. The summed E-state index contributed by atoms with van der Waals surface area (Å²) in [6.07, 6.45) is -2.55. The van der Waals surface area contributed by atoms with Crippen molar-refractivity contribution in [2.45, 2.75) is 18.4 Å². The topological polar surface area (TPSA) is 26.0 Å². The van der Waals surface area contributed by atoms with Gasteiger partial charge in [-0.05, 0) is 11.1 Å². The molecule has 0 amide bonds. The summed E-state index contributed by atoms with van der Waals surface area (Å²) in [6, 6.07) is 17.2. The molecule has 0 aromatic heterocycles. The Bertz CT molecular complexity index is 431. The molecule has 0 saturated carbocycles. The molecule has 94 valence electrons. The molecule has 18 heavy (non-hydrogen) atoms. The Hall–Kier alpha value is -1.74. The highest BCUT2D eigenvalue weighted by molar-refractivity contribution is 5.34. The van der Waals surface area contributed by atoms with Gasteiger partial charge in [0.15, 0.2) is 0 Å². The van der Waals surface area contributed by atoms with Crippen molar-refractivity contribution in [1.29, 1.82) is 0 Å². The van der Waals surface area contributed by atoms with Crippen molar-refractivity contribution in [3.63, 3.8) is 0 Å². The lowest BCUT2D eigenvalue weighted by atomic mass is 9.85. The van der Waals surface area contributed by atoms with Crippen molar-refractivity contribution in [2.24, 2.45) is 5.73 Å². The first-order valence-electron chi connectivity index (χ1n) is 5.84. The third-order valence-electron chi connectivity index (χ3n) is 2.99. The summed E-state index contributed by atoms with van der Waals surface area (Å²) in [5.41, 5.74) is 7.31. The quantitative estimate of drug-likeness (QED) is 0.880. The van der Waals surface area contributed by atoms with E-state index in [1.54, 1.807) is 0 Å². The van der Waals surface area contributed by atoms with Crippen LogP contribution in [0.1, 0.15) is 17.0 Å². The number of halogens is 2. The van der Waals surface area contributed by atoms with Crippen molar-refractivity contribution in [3.05, 3.63) is 71.8 Å².